The first kappa shape index (κ1) is 24.8. The quantitative estimate of drug-likeness (QED) is 0.384. The fraction of sp³-hybridized carbons (Fsp3) is 0.348. The summed E-state index contributed by atoms with van der Waals surface area (Å²) in [4.78, 5) is 23.8. The minimum Gasteiger partial charge on any atom is -0.381 e. The van der Waals surface area contributed by atoms with Crippen LogP contribution < -0.4 is 16.0 Å². The maximum absolute atomic E-state index is 13.4. The van der Waals surface area contributed by atoms with E-state index in [-0.39, 0.29) is 40.9 Å². The molecular formula is C23H24ClN9O3S. The van der Waals surface area contributed by atoms with Crippen LogP contribution in [0, 0.1) is 11.3 Å². The second-order valence-corrected chi connectivity index (χ2v) is 11.8. The van der Waals surface area contributed by atoms with E-state index < -0.39 is 27.0 Å². The summed E-state index contributed by atoms with van der Waals surface area (Å²) in [5.74, 6) is 0.181. The average Bonchev–Trinajstić information content (AvgIpc) is 3.45. The SMILES string of the molecule is CCC(NC(=O)c1c(N)nn2cccnc12)c1cc(Cl)c2c(C#N)ncn2c1N1CCS(=O)(=O)C(C)C1. The van der Waals surface area contributed by atoms with Crippen LogP contribution in [0.15, 0.2) is 30.9 Å². The maximum Gasteiger partial charge on any atom is 0.259 e. The van der Waals surface area contributed by atoms with Crippen LogP contribution in [-0.4, -0.2) is 62.4 Å². The van der Waals surface area contributed by atoms with Crippen LogP contribution in [-0.2, 0) is 9.84 Å². The largest absolute Gasteiger partial charge is 0.381 e. The third kappa shape index (κ3) is 4.11. The van der Waals surface area contributed by atoms with Crippen molar-refractivity contribution in [1.82, 2.24) is 29.3 Å². The number of imidazole rings is 1. The van der Waals surface area contributed by atoms with Gasteiger partial charge in [-0.2, -0.15) is 5.26 Å². The topological polar surface area (TPSA) is 164 Å². The molecule has 1 fully saturated rings. The number of fused-ring (bicyclic) bond motifs is 2. The van der Waals surface area contributed by atoms with E-state index in [1.165, 1.54) is 10.8 Å². The Labute approximate surface area is 217 Å². The summed E-state index contributed by atoms with van der Waals surface area (Å²) >= 11 is 6.63. The van der Waals surface area contributed by atoms with Gasteiger partial charge in [-0.15, -0.1) is 5.10 Å². The van der Waals surface area contributed by atoms with Crippen LogP contribution in [0.25, 0.3) is 11.2 Å². The van der Waals surface area contributed by atoms with Gasteiger partial charge >= 0.3 is 0 Å². The molecule has 1 saturated heterocycles. The van der Waals surface area contributed by atoms with Gasteiger partial charge in [0.05, 0.1) is 22.1 Å². The van der Waals surface area contributed by atoms with Crippen molar-refractivity contribution in [3.05, 3.63) is 52.7 Å². The number of hydrogen-bond acceptors (Lipinski definition) is 9. The lowest BCUT2D eigenvalue weighted by Gasteiger charge is -2.35. The van der Waals surface area contributed by atoms with E-state index in [0.717, 1.165) is 0 Å². The van der Waals surface area contributed by atoms with Crippen molar-refractivity contribution < 1.29 is 13.2 Å². The predicted octanol–water partition coefficient (Wildman–Crippen LogP) is 1.99. The van der Waals surface area contributed by atoms with Crippen molar-refractivity contribution in [3.63, 3.8) is 0 Å². The fourth-order valence-electron chi connectivity index (χ4n) is 4.72. The number of nitriles is 1. The van der Waals surface area contributed by atoms with Gasteiger partial charge in [0.25, 0.3) is 5.91 Å². The maximum atomic E-state index is 13.4. The highest BCUT2D eigenvalue weighted by atomic mass is 35.5. The lowest BCUT2D eigenvalue weighted by molar-refractivity contribution is 0.0938. The second-order valence-electron chi connectivity index (χ2n) is 8.90. The number of nitrogens with two attached hydrogens (primary N) is 1. The molecule has 0 spiro atoms. The Morgan fingerprint density at radius 1 is 1.41 bits per heavy atom. The predicted molar refractivity (Wildman–Crippen MR) is 138 cm³/mol. The van der Waals surface area contributed by atoms with Crippen LogP contribution in [0.1, 0.15) is 47.9 Å². The summed E-state index contributed by atoms with van der Waals surface area (Å²) in [5, 5.41) is 16.4. The van der Waals surface area contributed by atoms with Crippen LogP contribution >= 0.6 is 11.6 Å². The molecule has 0 saturated carbocycles. The molecule has 5 rings (SSSR count). The van der Waals surface area contributed by atoms with Crippen molar-refractivity contribution in [3.8, 4) is 6.07 Å². The Hall–Kier alpha value is -3.89. The van der Waals surface area contributed by atoms with Gasteiger partial charge < -0.3 is 16.0 Å². The Kier molecular flexibility index (Phi) is 6.17. The molecule has 2 atom stereocenters. The summed E-state index contributed by atoms with van der Waals surface area (Å²) in [6.07, 6.45) is 5.17. The normalized spacial score (nSPS) is 18.1. The molecule has 2 unspecified atom stereocenters. The molecule has 192 valence electrons. The molecule has 0 aliphatic carbocycles. The molecule has 37 heavy (non-hydrogen) atoms. The molecule has 0 aromatic carbocycles. The summed E-state index contributed by atoms with van der Waals surface area (Å²) in [7, 11) is -3.22. The molecule has 1 aliphatic rings. The van der Waals surface area contributed by atoms with Crippen molar-refractivity contribution >= 4 is 50.1 Å². The van der Waals surface area contributed by atoms with Gasteiger partial charge in [-0.3, -0.25) is 9.20 Å². The van der Waals surface area contributed by atoms with Crippen LogP contribution in [0.4, 0.5) is 11.6 Å². The number of rotatable bonds is 5. The fourth-order valence-corrected chi connectivity index (χ4v) is 6.30. The van der Waals surface area contributed by atoms with Gasteiger partial charge in [-0.1, -0.05) is 18.5 Å². The third-order valence-corrected chi connectivity index (χ3v) is 9.06. The zero-order valence-electron chi connectivity index (χ0n) is 20.1. The first-order valence-electron chi connectivity index (χ1n) is 11.6. The third-order valence-electron chi connectivity index (χ3n) is 6.64. The summed E-state index contributed by atoms with van der Waals surface area (Å²) < 4.78 is 28.0. The first-order chi connectivity index (χ1) is 17.7. The number of amides is 1. The Bertz CT molecular complexity index is 1690. The summed E-state index contributed by atoms with van der Waals surface area (Å²) in [6.45, 7) is 4.05. The highest BCUT2D eigenvalue weighted by Gasteiger charge is 2.34. The van der Waals surface area contributed by atoms with E-state index in [4.69, 9.17) is 17.3 Å². The van der Waals surface area contributed by atoms with E-state index in [2.05, 4.69) is 20.4 Å². The molecule has 14 heteroatoms. The average molecular weight is 542 g/mol. The number of pyridine rings is 1. The number of carbonyl (C=O) groups is 1. The van der Waals surface area contributed by atoms with Gasteiger partial charge in [0.2, 0.25) is 0 Å². The molecule has 3 N–H and O–H groups in total. The lowest BCUT2D eigenvalue weighted by Crippen LogP contribution is -2.47. The number of halogens is 1. The van der Waals surface area contributed by atoms with Crippen molar-refractivity contribution in [2.45, 2.75) is 31.6 Å². The van der Waals surface area contributed by atoms with Crippen LogP contribution in [0.2, 0.25) is 5.02 Å². The molecule has 0 bridgehead atoms. The highest BCUT2D eigenvalue weighted by Crippen LogP contribution is 2.36. The number of carbonyl (C=O) groups excluding carboxylic acids is 1. The lowest BCUT2D eigenvalue weighted by atomic mass is 10.0. The summed E-state index contributed by atoms with van der Waals surface area (Å²) in [6, 6.07) is 4.89. The van der Waals surface area contributed by atoms with Gasteiger partial charge in [0.1, 0.15) is 29.3 Å². The molecule has 4 aromatic rings. The zero-order chi connectivity index (χ0) is 26.5. The molecular weight excluding hydrogens is 518 g/mol. The molecule has 1 aliphatic heterocycles. The van der Waals surface area contributed by atoms with E-state index in [0.29, 0.717) is 29.0 Å². The minimum absolute atomic E-state index is 0.0225. The van der Waals surface area contributed by atoms with E-state index in [9.17, 15) is 18.5 Å². The minimum atomic E-state index is -3.22. The number of nitrogens with zero attached hydrogens (tertiary/aromatic N) is 7. The number of hydrogen-bond donors (Lipinski definition) is 2. The molecule has 5 heterocycles. The highest BCUT2D eigenvalue weighted by molar-refractivity contribution is 7.92. The summed E-state index contributed by atoms with van der Waals surface area (Å²) in [5.41, 5.74) is 7.75. The van der Waals surface area contributed by atoms with Crippen molar-refractivity contribution in [2.24, 2.45) is 0 Å². The van der Waals surface area contributed by atoms with E-state index in [1.807, 2.05) is 17.9 Å². The van der Waals surface area contributed by atoms with Crippen molar-refractivity contribution in [2.75, 3.05) is 29.5 Å². The van der Waals surface area contributed by atoms with Gasteiger partial charge in [-0.05, 0) is 25.5 Å². The first-order valence-corrected chi connectivity index (χ1v) is 13.7. The smallest absolute Gasteiger partial charge is 0.259 e. The number of anilines is 2. The zero-order valence-corrected chi connectivity index (χ0v) is 21.7. The number of sulfone groups is 1. The second kappa shape index (κ2) is 9.20. The van der Waals surface area contributed by atoms with Crippen LogP contribution in [0.5, 0.6) is 0 Å². The molecule has 12 nitrogen and oxygen atoms in total. The monoisotopic (exact) mass is 541 g/mol. The number of nitrogens with one attached hydrogen (secondary N) is 1. The van der Waals surface area contributed by atoms with Gasteiger partial charge in [-0.25, -0.2) is 22.9 Å². The van der Waals surface area contributed by atoms with Crippen LogP contribution in [0.3, 0.4) is 0 Å². The molecule has 4 aromatic heterocycles. The van der Waals surface area contributed by atoms with E-state index in [1.54, 1.807) is 35.9 Å². The Morgan fingerprint density at radius 2 is 2.19 bits per heavy atom. The number of nitrogen functional groups attached to an aromatic ring is 1. The van der Waals surface area contributed by atoms with E-state index >= 15 is 0 Å². The van der Waals surface area contributed by atoms with Gasteiger partial charge in [0, 0.05) is 31.0 Å². The number of aromatic nitrogens is 5. The van der Waals surface area contributed by atoms with Gasteiger partial charge in [0.15, 0.2) is 27.0 Å². The molecule has 1 amide bonds. The Balaban J connectivity index is 1.62. The molecule has 0 radical (unpaired) electrons. The Morgan fingerprint density at radius 3 is 2.89 bits per heavy atom. The van der Waals surface area contributed by atoms with Crippen molar-refractivity contribution in [1.29, 1.82) is 5.26 Å². The standard InChI is InChI=1S/C23H24ClN9O3S/c1-3-16(29-22(34)18-20(26)30-33-6-4-5-27-21(18)33)14-9-15(24)19-17(10-25)28-12-32(19)23(14)31-7-8-37(35,36)13(2)11-31/h4-6,9,12-13,16H,3,7-8,11H2,1-2H3,(H2,26,30)(H,29,34).